The standard InChI is InChI=1S/C29H29N3O7/c1-17-9-10-20(13-18(17)2)39-25-14-21-23(32-29(36)22(31-28(21)35)11-12-27(34)37-3)15-24(25)30-26(33)16-38-19-7-5-4-6-8-19/h4-10,13-15,22H,11-12,16H2,1-3H3,(H,30,33)(H,31,35)(H,32,36)/t22-/m1/s1. The summed E-state index contributed by atoms with van der Waals surface area (Å²) in [6.45, 7) is 3.65. The van der Waals surface area contributed by atoms with Gasteiger partial charge in [-0.3, -0.25) is 19.2 Å². The summed E-state index contributed by atoms with van der Waals surface area (Å²) in [6.07, 6.45) is 0.0136. The van der Waals surface area contributed by atoms with E-state index in [2.05, 4.69) is 20.7 Å². The number of hydrogen-bond donors (Lipinski definition) is 3. The molecule has 1 aliphatic rings. The first-order chi connectivity index (χ1) is 18.7. The Kier molecular flexibility index (Phi) is 8.45. The van der Waals surface area contributed by atoms with Crippen LogP contribution in [0, 0.1) is 13.8 Å². The number of aryl methyl sites for hydroxylation is 2. The van der Waals surface area contributed by atoms with Crippen LogP contribution in [0.4, 0.5) is 11.4 Å². The van der Waals surface area contributed by atoms with Gasteiger partial charge < -0.3 is 30.2 Å². The van der Waals surface area contributed by atoms with E-state index in [4.69, 9.17) is 9.47 Å². The van der Waals surface area contributed by atoms with Crippen molar-refractivity contribution < 1.29 is 33.4 Å². The number of nitrogens with one attached hydrogen (secondary N) is 3. The topological polar surface area (TPSA) is 132 Å². The van der Waals surface area contributed by atoms with E-state index < -0.39 is 29.7 Å². The van der Waals surface area contributed by atoms with Crippen LogP contribution in [0.15, 0.2) is 60.7 Å². The van der Waals surface area contributed by atoms with Crippen LogP contribution >= 0.6 is 0 Å². The lowest BCUT2D eigenvalue weighted by molar-refractivity contribution is -0.140. The molecule has 39 heavy (non-hydrogen) atoms. The summed E-state index contributed by atoms with van der Waals surface area (Å²) in [7, 11) is 1.25. The number of benzene rings is 3. The lowest BCUT2D eigenvalue weighted by atomic mass is 10.1. The van der Waals surface area contributed by atoms with Crippen LogP contribution in [0.5, 0.6) is 17.2 Å². The molecule has 0 saturated carbocycles. The van der Waals surface area contributed by atoms with Crippen molar-refractivity contribution in [3.05, 3.63) is 77.4 Å². The molecule has 1 atom stereocenters. The maximum atomic E-state index is 13.1. The van der Waals surface area contributed by atoms with Crippen LogP contribution in [-0.4, -0.2) is 43.4 Å². The minimum Gasteiger partial charge on any atom is -0.484 e. The third-order valence-electron chi connectivity index (χ3n) is 6.20. The number of anilines is 2. The Labute approximate surface area is 225 Å². The van der Waals surface area contributed by atoms with Gasteiger partial charge in [-0.1, -0.05) is 24.3 Å². The van der Waals surface area contributed by atoms with Crippen LogP contribution in [-0.2, 0) is 19.1 Å². The van der Waals surface area contributed by atoms with Crippen molar-refractivity contribution in [2.24, 2.45) is 0 Å². The van der Waals surface area contributed by atoms with E-state index in [-0.39, 0.29) is 42.1 Å². The van der Waals surface area contributed by atoms with Crippen LogP contribution in [0.1, 0.15) is 34.3 Å². The van der Waals surface area contributed by atoms with E-state index >= 15 is 0 Å². The lowest BCUT2D eigenvalue weighted by Crippen LogP contribution is -2.41. The van der Waals surface area contributed by atoms with Crippen molar-refractivity contribution in [1.82, 2.24) is 5.32 Å². The predicted molar refractivity (Wildman–Crippen MR) is 144 cm³/mol. The van der Waals surface area contributed by atoms with Crippen LogP contribution in [0.3, 0.4) is 0 Å². The first-order valence-electron chi connectivity index (χ1n) is 12.3. The van der Waals surface area contributed by atoms with Crippen molar-refractivity contribution >= 4 is 35.1 Å². The zero-order valence-corrected chi connectivity index (χ0v) is 21.8. The highest BCUT2D eigenvalue weighted by atomic mass is 16.5. The fourth-order valence-corrected chi connectivity index (χ4v) is 3.90. The molecule has 0 radical (unpaired) electrons. The van der Waals surface area contributed by atoms with Crippen molar-refractivity contribution in [1.29, 1.82) is 0 Å². The van der Waals surface area contributed by atoms with Gasteiger partial charge in [-0.15, -0.1) is 0 Å². The molecule has 3 amide bonds. The predicted octanol–water partition coefficient (Wildman–Crippen LogP) is 4.12. The molecule has 0 aromatic heterocycles. The van der Waals surface area contributed by atoms with Crippen LogP contribution < -0.4 is 25.4 Å². The number of carbonyl (C=O) groups is 4. The van der Waals surface area contributed by atoms with Gasteiger partial charge in [0.2, 0.25) is 5.91 Å². The van der Waals surface area contributed by atoms with Crippen molar-refractivity contribution in [3.63, 3.8) is 0 Å². The van der Waals surface area contributed by atoms with Gasteiger partial charge in [-0.2, -0.15) is 0 Å². The molecule has 0 saturated heterocycles. The third kappa shape index (κ3) is 6.92. The number of para-hydroxylation sites is 1. The molecule has 1 aliphatic heterocycles. The van der Waals surface area contributed by atoms with Crippen molar-refractivity contribution in [2.75, 3.05) is 24.4 Å². The minimum atomic E-state index is -0.953. The Bertz CT molecular complexity index is 1410. The second-order valence-corrected chi connectivity index (χ2v) is 9.02. The van der Waals surface area contributed by atoms with Gasteiger partial charge in [0, 0.05) is 6.42 Å². The number of amides is 3. The molecule has 1 heterocycles. The lowest BCUT2D eigenvalue weighted by Gasteiger charge is -2.17. The van der Waals surface area contributed by atoms with Gasteiger partial charge in [0.15, 0.2) is 12.4 Å². The largest absolute Gasteiger partial charge is 0.484 e. The molecular weight excluding hydrogens is 502 g/mol. The van der Waals surface area contributed by atoms with E-state index in [0.717, 1.165) is 11.1 Å². The summed E-state index contributed by atoms with van der Waals surface area (Å²) >= 11 is 0. The fourth-order valence-electron chi connectivity index (χ4n) is 3.90. The van der Waals surface area contributed by atoms with Gasteiger partial charge >= 0.3 is 5.97 Å². The SMILES string of the molecule is COC(=O)CC[C@H]1NC(=O)c2cc(Oc3ccc(C)c(C)c3)c(NC(=O)COc3ccccc3)cc2NC1=O. The molecule has 0 unspecified atom stereocenters. The van der Waals surface area contributed by atoms with Gasteiger partial charge in [-0.05, 0) is 67.8 Å². The first kappa shape index (κ1) is 27.2. The average Bonchev–Trinajstić information content (AvgIpc) is 3.04. The Hall–Kier alpha value is -4.86. The van der Waals surface area contributed by atoms with Gasteiger partial charge in [-0.25, -0.2) is 0 Å². The Morgan fingerprint density at radius 2 is 1.72 bits per heavy atom. The number of esters is 1. The minimum absolute atomic E-state index is 0.0466. The van der Waals surface area contributed by atoms with E-state index in [9.17, 15) is 19.2 Å². The molecule has 3 aromatic rings. The summed E-state index contributed by atoms with van der Waals surface area (Å²) in [4.78, 5) is 50.3. The summed E-state index contributed by atoms with van der Waals surface area (Å²) in [6, 6.07) is 16.4. The summed E-state index contributed by atoms with van der Waals surface area (Å²) in [5.41, 5.74) is 2.64. The molecule has 4 rings (SSSR count). The highest BCUT2D eigenvalue weighted by molar-refractivity contribution is 6.11. The smallest absolute Gasteiger partial charge is 0.305 e. The summed E-state index contributed by atoms with van der Waals surface area (Å²) in [5, 5.41) is 8.11. The first-order valence-corrected chi connectivity index (χ1v) is 12.3. The maximum absolute atomic E-state index is 13.1. The third-order valence-corrected chi connectivity index (χ3v) is 6.20. The second-order valence-electron chi connectivity index (χ2n) is 9.02. The van der Waals surface area contributed by atoms with E-state index in [1.54, 1.807) is 30.3 Å². The molecule has 10 nitrogen and oxygen atoms in total. The normalized spacial score (nSPS) is 14.3. The molecular formula is C29H29N3O7. The highest BCUT2D eigenvalue weighted by Crippen LogP contribution is 2.36. The number of ether oxygens (including phenoxy) is 3. The molecule has 0 spiro atoms. The number of fused-ring (bicyclic) bond motifs is 1. The Morgan fingerprint density at radius 1 is 0.949 bits per heavy atom. The number of carbonyl (C=O) groups excluding carboxylic acids is 4. The van der Waals surface area contributed by atoms with Gasteiger partial charge in [0.1, 0.15) is 17.5 Å². The molecule has 0 fully saturated rings. The number of hydrogen-bond acceptors (Lipinski definition) is 7. The highest BCUT2D eigenvalue weighted by Gasteiger charge is 2.30. The molecule has 3 N–H and O–H groups in total. The summed E-state index contributed by atoms with van der Waals surface area (Å²) < 4.78 is 16.3. The van der Waals surface area contributed by atoms with E-state index in [1.165, 1.54) is 19.2 Å². The molecule has 0 aliphatic carbocycles. The Balaban J connectivity index is 1.62. The quantitative estimate of drug-likeness (QED) is 0.354. The number of methoxy groups -OCH3 is 1. The van der Waals surface area contributed by atoms with Crippen molar-refractivity contribution in [3.8, 4) is 17.2 Å². The van der Waals surface area contributed by atoms with E-state index in [1.807, 2.05) is 32.0 Å². The Morgan fingerprint density at radius 3 is 2.44 bits per heavy atom. The zero-order valence-electron chi connectivity index (χ0n) is 21.8. The zero-order chi connectivity index (χ0) is 27.9. The monoisotopic (exact) mass is 531 g/mol. The van der Waals surface area contributed by atoms with Crippen molar-refractivity contribution in [2.45, 2.75) is 32.7 Å². The van der Waals surface area contributed by atoms with Gasteiger partial charge in [0.05, 0.1) is 24.0 Å². The van der Waals surface area contributed by atoms with E-state index in [0.29, 0.717) is 11.5 Å². The fraction of sp³-hybridized carbons (Fsp3) is 0.241. The molecule has 0 bridgehead atoms. The second kappa shape index (κ2) is 12.1. The van der Waals surface area contributed by atoms with Gasteiger partial charge in [0.25, 0.3) is 11.8 Å². The maximum Gasteiger partial charge on any atom is 0.305 e. The molecule has 10 heteroatoms. The molecule has 3 aromatic carbocycles. The number of rotatable bonds is 9. The molecule has 202 valence electrons. The average molecular weight is 532 g/mol. The van der Waals surface area contributed by atoms with Crippen LogP contribution in [0.25, 0.3) is 0 Å². The van der Waals surface area contributed by atoms with Crippen LogP contribution in [0.2, 0.25) is 0 Å². The summed E-state index contributed by atoms with van der Waals surface area (Å²) in [5.74, 6) is -0.768.